The van der Waals surface area contributed by atoms with Gasteiger partial charge in [-0.05, 0) is 6.07 Å². The smallest absolute Gasteiger partial charge is 0.289 e. The van der Waals surface area contributed by atoms with Gasteiger partial charge in [0.15, 0.2) is 4.90 Å². The van der Waals surface area contributed by atoms with Crippen LogP contribution in [0.2, 0.25) is 0 Å². The molecule has 1 aliphatic heterocycles. The zero-order chi connectivity index (χ0) is 16.6. The number of nitrogens with one attached hydrogen (secondary N) is 2. The van der Waals surface area contributed by atoms with E-state index in [1.54, 1.807) is 7.05 Å². The highest BCUT2D eigenvalue weighted by atomic mass is 32.2. The van der Waals surface area contributed by atoms with E-state index in [2.05, 4.69) is 15.1 Å². The second kappa shape index (κ2) is 5.63. The van der Waals surface area contributed by atoms with Crippen molar-refractivity contribution in [3.05, 3.63) is 45.6 Å². The maximum absolute atomic E-state index is 12.6. The molecule has 2 N–H and O–H groups in total. The van der Waals surface area contributed by atoms with Crippen LogP contribution in [0.4, 0.5) is 11.5 Å². The molecule has 0 radical (unpaired) electrons. The first-order valence-corrected chi connectivity index (χ1v) is 8.40. The van der Waals surface area contributed by atoms with Crippen molar-refractivity contribution in [3.63, 3.8) is 0 Å². The monoisotopic (exact) mass is 337 g/mol. The molecule has 0 fully saturated rings. The minimum atomic E-state index is -4.10. The number of rotatable bonds is 4. The molecule has 2 aromatic rings. The molecule has 0 atom stereocenters. The van der Waals surface area contributed by atoms with E-state index < -0.39 is 20.6 Å². The maximum atomic E-state index is 12.6. The van der Waals surface area contributed by atoms with Gasteiger partial charge >= 0.3 is 0 Å². The Morgan fingerprint density at radius 2 is 2.13 bits per heavy atom. The Labute approximate surface area is 132 Å². The summed E-state index contributed by atoms with van der Waals surface area (Å²) in [5.41, 5.74) is 1.13. The molecule has 0 saturated carbocycles. The minimum absolute atomic E-state index is 0.324. The van der Waals surface area contributed by atoms with E-state index in [-0.39, 0.29) is 4.90 Å². The summed E-state index contributed by atoms with van der Waals surface area (Å²) in [6.45, 7) is 1.28. The highest BCUT2D eigenvalue weighted by molar-refractivity contribution is 7.92. The molecule has 122 valence electrons. The standard InChI is InChI=1S/C13H15N5O4S/c1-17-13(9-8-14-7-6-10(9)15-17)16-23(21,22)12-5-3-2-4-11(12)18(19)20/h2-5,14,16H,6-8H2,1H3. The fourth-order valence-electron chi connectivity index (χ4n) is 2.58. The van der Waals surface area contributed by atoms with Gasteiger partial charge in [-0.15, -0.1) is 0 Å². The molecule has 23 heavy (non-hydrogen) atoms. The van der Waals surface area contributed by atoms with Crippen LogP contribution in [-0.2, 0) is 30.0 Å². The number of nitrogens with zero attached hydrogens (tertiary/aromatic N) is 3. The zero-order valence-corrected chi connectivity index (χ0v) is 13.1. The second-order valence-electron chi connectivity index (χ2n) is 5.15. The number of aromatic nitrogens is 2. The molecule has 0 unspecified atom stereocenters. The molecule has 0 aliphatic carbocycles. The fraction of sp³-hybridized carbons (Fsp3) is 0.308. The molecule has 1 aliphatic rings. The molecule has 0 amide bonds. The van der Waals surface area contributed by atoms with Crippen molar-refractivity contribution >= 4 is 21.5 Å². The number of para-hydroxylation sites is 1. The summed E-state index contributed by atoms with van der Waals surface area (Å²) < 4.78 is 29.1. The van der Waals surface area contributed by atoms with Crippen molar-refractivity contribution < 1.29 is 13.3 Å². The largest absolute Gasteiger partial charge is 0.312 e. The Morgan fingerprint density at radius 3 is 2.87 bits per heavy atom. The van der Waals surface area contributed by atoms with Crippen LogP contribution in [0.1, 0.15) is 11.3 Å². The Hall–Kier alpha value is -2.46. The van der Waals surface area contributed by atoms with E-state index in [9.17, 15) is 18.5 Å². The van der Waals surface area contributed by atoms with Gasteiger partial charge in [-0.3, -0.25) is 19.5 Å². The number of anilines is 1. The predicted octanol–water partition coefficient (Wildman–Crippen LogP) is 0.775. The van der Waals surface area contributed by atoms with Gasteiger partial charge in [-0.1, -0.05) is 12.1 Å². The number of nitro benzene ring substituents is 1. The van der Waals surface area contributed by atoms with Gasteiger partial charge in [0.2, 0.25) is 0 Å². The lowest BCUT2D eigenvalue weighted by atomic mass is 10.1. The average molecular weight is 337 g/mol. The molecule has 2 heterocycles. The molecular formula is C13H15N5O4S. The molecule has 1 aromatic heterocycles. The molecule has 0 spiro atoms. The predicted molar refractivity (Wildman–Crippen MR) is 82.5 cm³/mol. The highest BCUT2D eigenvalue weighted by Crippen LogP contribution is 2.28. The van der Waals surface area contributed by atoms with Gasteiger partial charge in [0.05, 0.1) is 10.6 Å². The van der Waals surface area contributed by atoms with Crippen LogP contribution < -0.4 is 10.0 Å². The van der Waals surface area contributed by atoms with Crippen LogP contribution >= 0.6 is 0 Å². The van der Waals surface area contributed by atoms with Crippen molar-refractivity contribution in [2.75, 3.05) is 11.3 Å². The van der Waals surface area contributed by atoms with Crippen LogP contribution in [0, 0.1) is 10.1 Å². The van der Waals surface area contributed by atoms with E-state index >= 15 is 0 Å². The summed E-state index contributed by atoms with van der Waals surface area (Å²) in [4.78, 5) is 9.97. The van der Waals surface area contributed by atoms with Crippen LogP contribution in [0.15, 0.2) is 29.2 Å². The number of nitro groups is 1. The van der Waals surface area contributed by atoms with E-state index in [1.807, 2.05) is 0 Å². The second-order valence-corrected chi connectivity index (χ2v) is 6.81. The highest BCUT2D eigenvalue weighted by Gasteiger charge is 2.28. The normalized spacial score (nSPS) is 14.3. The fourth-order valence-corrected chi connectivity index (χ4v) is 3.87. The Morgan fingerprint density at radius 1 is 1.39 bits per heavy atom. The first kappa shape index (κ1) is 15.4. The topological polar surface area (TPSA) is 119 Å². The number of benzene rings is 1. The maximum Gasteiger partial charge on any atom is 0.289 e. The zero-order valence-electron chi connectivity index (χ0n) is 12.3. The summed E-state index contributed by atoms with van der Waals surface area (Å²) >= 11 is 0. The molecule has 1 aromatic carbocycles. The summed E-state index contributed by atoms with van der Waals surface area (Å²) in [5, 5.41) is 18.5. The lowest BCUT2D eigenvalue weighted by Crippen LogP contribution is -2.24. The van der Waals surface area contributed by atoms with E-state index in [1.165, 1.54) is 22.9 Å². The van der Waals surface area contributed by atoms with Crippen LogP contribution in [0.5, 0.6) is 0 Å². The number of aryl methyl sites for hydroxylation is 1. The minimum Gasteiger partial charge on any atom is -0.312 e. The van der Waals surface area contributed by atoms with E-state index in [0.717, 1.165) is 23.9 Å². The number of fused-ring (bicyclic) bond motifs is 1. The van der Waals surface area contributed by atoms with Crippen LogP contribution in [-0.4, -0.2) is 29.7 Å². The van der Waals surface area contributed by atoms with Gasteiger partial charge in [0, 0.05) is 38.2 Å². The molecule has 10 heteroatoms. The third kappa shape index (κ3) is 2.78. The van der Waals surface area contributed by atoms with Gasteiger partial charge in [0.1, 0.15) is 5.82 Å². The van der Waals surface area contributed by atoms with E-state index in [4.69, 9.17) is 0 Å². The van der Waals surface area contributed by atoms with Gasteiger partial charge in [0.25, 0.3) is 15.7 Å². The van der Waals surface area contributed by atoms with Crippen molar-refractivity contribution in [1.29, 1.82) is 0 Å². The van der Waals surface area contributed by atoms with E-state index in [0.29, 0.717) is 18.8 Å². The Balaban J connectivity index is 2.03. The third-order valence-corrected chi connectivity index (χ3v) is 5.04. The quantitative estimate of drug-likeness (QED) is 0.628. The third-order valence-electron chi connectivity index (χ3n) is 3.65. The first-order chi connectivity index (χ1) is 10.9. The van der Waals surface area contributed by atoms with Gasteiger partial charge in [-0.25, -0.2) is 8.42 Å². The Bertz CT molecular complexity index is 874. The SMILES string of the molecule is Cn1nc2c(c1NS(=O)(=O)c1ccccc1[N+](=O)[O-])CNCC2. The summed E-state index contributed by atoms with van der Waals surface area (Å²) in [6, 6.07) is 5.24. The van der Waals surface area contributed by atoms with Gasteiger partial charge < -0.3 is 5.32 Å². The summed E-state index contributed by atoms with van der Waals surface area (Å²) in [5.74, 6) is 0.324. The first-order valence-electron chi connectivity index (χ1n) is 6.92. The molecule has 3 rings (SSSR count). The number of sulfonamides is 1. The van der Waals surface area contributed by atoms with Crippen molar-refractivity contribution in [2.24, 2.45) is 7.05 Å². The summed E-state index contributed by atoms with van der Waals surface area (Å²) in [7, 11) is -2.46. The van der Waals surface area contributed by atoms with Crippen LogP contribution in [0.25, 0.3) is 0 Å². The number of hydrogen-bond donors (Lipinski definition) is 2. The summed E-state index contributed by atoms with van der Waals surface area (Å²) in [6.07, 6.45) is 0.705. The lowest BCUT2D eigenvalue weighted by Gasteiger charge is -2.14. The van der Waals surface area contributed by atoms with Crippen LogP contribution in [0.3, 0.4) is 0 Å². The molecule has 0 saturated heterocycles. The lowest BCUT2D eigenvalue weighted by molar-refractivity contribution is -0.387. The Kier molecular flexibility index (Phi) is 3.78. The van der Waals surface area contributed by atoms with Gasteiger partial charge in [-0.2, -0.15) is 5.10 Å². The molecule has 0 bridgehead atoms. The van der Waals surface area contributed by atoms with Crippen molar-refractivity contribution in [1.82, 2.24) is 15.1 Å². The molecule has 9 nitrogen and oxygen atoms in total. The van der Waals surface area contributed by atoms with Crippen molar-refractivity contribution in [3.8, 4) is 0 Å². The van der Waals surface area contributed by atoms with Crippen molar-refractivity contribution in [2.45, 2.75) is 17.9 Å². The number of hydrogen-bond acceptors (Lipinski definition) is 6. The average Bonchev–Trinajstić information content (AvgIpc) is 2.83. The molecular weight excluding hydrogens is 322 g/mol.